The molecule has 0 amide bonds. The zero-order valence-corrected chi connectivity index (χ0v) is 16.3. The first kappa shape index (κ1) is 19.0. The molecule has 1 aromatic carbocycles. The van der Waals surface area contributed by atoms with Gasteiger partial charge in [-0.1, -0.05) is 34.1 Å². The van der Waals surface area contributed by atoms with E-state index in [1.165, 1.54) is 7.11 Å². The molecule has 0 radical (unpaired) electrons. The summed E-state index contributed by atoms with van der Waals surface area (Å²) < 4.78 is 5.44. The number of hydrogen-bond donors (Lipinski definition) is 3. The van der Waals surface area contributed by atoms with Crippen LogP contribution in [0.15, 0.2) is 0 Å². The third-order valence-corrected chi connectivity index (χ3v) is 6.72. The smallest absolute Gasteiger partial charge is 0.167 e. The molecule has 0 aliphatic heterocycles. The molecule has 1 saturated carbocycles. The molecule has 0 aromatic heterocycles. The highest BCUT2D eigenvalue weighted by Gasteiger charge is 2.56. The highest BCUT2D eigenvalue weighted by molar-refractivity contribution is 6.04. The maximum atomic E-state index is 13.0. The van der Waals surface area contributed by atoms with Crippen LogP contribution in [0.5, 0.6) is 17.2 Å². The maximum absolute atomic E-state index is 13.0. The van der Waals surface area contributed by atoms with Crippen molar-refractivity contribution in [2.45, 2.75) is 64.7 Å². The highest BCUT2D eigenvalue weighted by Crippen LogP contribution is 2.62. The number of methoxy groups -OCH3 is 1. The normalized spacial score (nSPS) is 27.2. The van der Waals surface area contributed by atoms with Crippen LogP contribution < -0.4 is 4.74 Å². The molecule has 2 aliphatic carbocycles. The number of fused-ring (bicyclic) bond motifs is 3. The lowest BCUT2D eigenvalue weighted by molar-refractivity contribution is -0.00359. The first-order valence-corrected chi connectivity index (χ1v) is 9.42. The van der Waals surface area contributed by atoms with Gasteiger partial charge < -0.3 is 20.1 Å². The lowest BCUT2D eigenvalue weighted by atomic mass is 9.49. The van der Waals surface area contributed by atoms with E-state index >= 15 is 0 Å². The number of phenolic OH excluding ortho intramolecular Hbond substituents is 2. The molecule has 3 N–H and O–H groups in total. The van der Waals surface area contributed by atoms with Gasteiger partial charge in [-0.15, -0.1) is 0 Å². The Morgan fingerprint density at radius 3 is 2.38 bits per heavy atom. The summed E-state index contributed by atoms with van der Waals surface area (Å²) in [6, 6.07) is 0. The zero-order chi connectivity index (χ0) is 19.4. The van der Waals surface area contributed by atoms with Crippen molar-refractivity contribution in [3.8, 4) is 17.2 Å². The number of ether oxygens (including phenoxy) is 1. The summed E-state index contributed by atoms with van der Waals surface area (Å²) in [5.74, 6) is -0.381. The van der Waals surface area contributed by atoms with Crippen molar-refractivity contribution in [2.75, 3.05) is 13.7 Å². The number of benzene rings is 1. The Morgan fingerprint density at radius 2 is 1.85 bits per heavy atom. The van der Waals surface area contributed by atoms with E-state index in [1.807, 2.05) is 13.8 Å². The fraction of sp³-hybridized carbons (Fsp3) is 0.667. The Morgan fingerprint density at radius 1 is 1.19 bits per heavy atom. The topological polar surface area (TPSA) is 87.0 Å². The second-order valence-corrected chi connectivity index (χ2v) is 8.89. The number of phenols is 2. The van der Waals surface area contributed by atoms with Crippen molar-refractivity contribution in [3.05, 3.63) is 16.7 Å². The van der Waals surface area contributed by atoms with Gasteiger partial charge in [-0.25, -0.2) is 0 Å². The van der Waals surface area contributed by atoms with Crippen LogP contribution in [0.2, 0.25) is 0 Å². The van der Waals surface area contributed by atoms with Crippen LogP contribution in [0, 0.1) is 11.3 Å². The number of Topliss-reactive ketones (excluding diaryl/α,β-unsaturated/α-hetero) is 1. The Kier molecular flexibility index (Phi) is 4.50. The van der Waals surface area contributed by atoms with Crippen LogP contribution in [0.25, 0.3) is 0 Å². The van der Waals surface area contributed by atoms with Gasteiger partial charge in [0.05, 0.1) is 19.3 Å². The number of aliphatic hydroxyl groups is 1. The third kappa shape index (κ3) is 2.36. The number of carbonyl (C=O) groups excluding carboxylic acids is 1. The van der Waals surface area contributed by atoms with E-state index in [1.54, 1.807) is 0 Å². The summed E-state index contributed by atoms with van der Waals surface area (Å²) in [4.78, 5) is 13.0. The second kappa shape index (κ2) is 6.15. The van der Waals surface area contributed by atoms with Crippen LogP contribution in [0.1, 0.15) is 80.8 Å². The average molecular weight is 362 g/mol. The molecule has 1 unspecified atom stereocenters. The number of ketones is 1. The Bertz CT molecular complexity index is 750. The van der Waals surface area contributed by atoms with Crippen LogP contribution in [0.3, 0.4) is 0 Å². The second-order valence-electron chi connectivity index (χ2n) is 8.89. The predicted octanol–water partition coefficient (Wildman–Crippen LogP) is 3.87. The van der Waals surface area contributed by atoms with Crippen molar-refractivity contribution >= 4 is 5.78 Å². The van der Waals surface area contributed by atoms with Crippen molar-refractivity contribution in [1.29, 1.82) is 0 Å². The third-order valence-electron chi connectivity index (χ3n) is 6.72. The van der Waals surface area contributed by atoms with E-state index in [9.17, 15) is 20.1 Å². The molecule has 0 bridgehead atoms. The van der Waals surface area contributed by atoms with Gasteiger partial charge in [0, 0.05) is 23.0 Å². The molecule has 1 aromatic rings. The lowest BCUT2D eigenvalue weighted by Gasteiger charge is -2.54. The van der Waals surface area contributed by atoms with Gasteiger partial charge in [-0.05, 0) is 30.1 Å². The Hall–Kier alpha value is -1.75. The SMILES string of the molecule is COc1c(O)c2c(c(O)c1C(C)C)C(=O)CC1C(C)(C)CCC[C@]21CO. The van der Waals surface area contributed by atoms with Crippen LogP contribution in [0.4, 0.5) is 0 Å². The quantitative estimate of drug-likeness (QED) is 0.711. The first-order valence-electron chi connectivity index (χ1n) is 9.42. The van der Waals surface area contributed by atoms with E-state index < -0.39 is 5.41 Å². The molecular formula is C21H30O5. The van der Waals surface area contributed by atoms with Crippen LogP contribution >= 0.6 is 0 Å². The fourth-order valence-corrected chi connectivity index (χ4v) is 5.50. The van der Waals surface area contributed by atoms with Crippen molar-refractivity contribution < 1.29 is 24.9 Å². The van der Waals surface area contributed by atoms with Crippen molar-refractivity contribution in [3.63, 3.8) is 0 Å². The highest BCUT2D eigenvalue weighted by atomic mass is 16.5. The van der Waals surface area contributed by atoms with Crippen molar-refractivity contribution in [1.82, 2.24) is 0 Å². The van der Waals surface area contributed by atoms with Crippen LogP contribution in [-0.4, -0.2) is 34.8 Å². The van der Waals surface area contributed by atoms with Gasteiger partial charge >= 0.3 is 0 Å². The van der Waals surface area contributed by atoms with Crippen LogP contribution in [-0.2, 0) is 5.41 Å². The number of rotatable bonds is 3. The van der Waals surface area contributed by atoms with Crippen molar-refractivity contribution in [2.24, 2.45) is 11.3 Å². The minimum atomic E-state index is -0.741. The first-order chi connectivity index (χ1) is 12.1. The summed E-state index contributed by atoms with van der Waals surface area (Å²) in [5, 5.41) is 32.5. The largest absolute Gasteiger partial charge is 0.507 e. The molecule has 0 spiro atoms. The molecule has 2 atom stereocenters. The molecule has 3 rings (SSSR count). The molecule has 0 saturated heterocycles. The summed E-state index contributed by atoms with van der Waals surface area (Å²) >= 11 is 0. The van der Waals surface area contributed by atoms with Gasteiger partial charge in [0.2, 0.25) is 0 Å². The number of aromatic hydroxyl groups is 2. The molecule has 144 valence electrons. The summed E-state index contributed by atoms with van der Waals surface area (Å²) in [6.45, 7) is 7.83. The van der Waals surface area contributed by atoms with Gasteiger partial charge in [-0.3, -0.25) is 4.79 Å². The predicted molar refractivity (Wildman–Crippen MR) is 99.2 cm³/mol. The van der Waals surface area contributed by atoms with Gasteiger partial charge in [0.25, 0.3) is 0 Å². The summed E-state index contributed by atoms with van der Waals surface area (Å²) in [5.41, 5.74) is 0.122. The van der Waals surface area contributed by atoms with E-state index in [4.69, 9.17) is 4.74 Å². The molecular weight excluding hydrogens is 332 g/mol. The monoisotopic (exact) mass is 362 g/mol. The standard InChI is InChI=1S/C21H30O5/c1-11(2)14-17(24)15-12(23)9-13-20(3,4)7-6-8-21(13,10-22)16(15)18(25)19(14)26-5/h11,13,22,24-25H,6-10H2,1-5H3/t13?,21-/m1/s1. The molecule has 5 heteroatoms. The summed E-state index contributed by atoms with van der Waals surface area (Å²) in [7, 11) is 1.45. The Labute approximate surface area is 155 Å². The number of hydrogen-bond acceptors (Lipinski definition) is 5. The van der Waals surface area contributed by atoms with E-state index in [0.717, 1.165) is 12.8 Å². The zero-order valence-electron chi connectivity index (χ0n) is 16.3. The fourth-order valence-electron chi connectivity index (χ4n) is 5.50. The summed E-state index contributed by atoms with van der Waals surface area (Å²) in [6.07, 6.45) is 2.81. The number of carbonyl (C=O) groups is 1. The number of aliphatic hydroxyl groups excluding tert-OH is 1. The lowest BCUT2D eigenvalue weighted by Crippen LogP contribution is -2.53. The van der Waals surface area contributed by atoms with Gasteiger partial charge in [0.1, 0.15) is 5.75 Å². The molecule has 2 aliphatic rings. The van der Waals surface area contributed by atoms with E-state index in [2.05, 4.69) is 13.8 Å². The Balaban J connectivity index is 2.41. The van der Waals surface area contributed by atoms with E-state index in [0.29, 0.717) is 17.5 Å². The van der Waals surface area contributed by atoms with Gasteiger partial charge in [-0.2, -0.15) is 0 Å². The average Bonchev–Trinajstić information content (AvgIpc) is 2.57. The molecule has 26 heavy (non-hydrogen) atoms. The van der Waals surface area contributed by atoms with Gasteiger partial charge in [0.15, 0.2) is 17.3 Å². The molecule has 1 fully saturated rings. The molecule has 0 heterocycles. The minimum Gasteiger partial charge on any atom is -0.507 e. The minimum absolute atomic E-state index is 0.0892. The maximum Gasteiger partial charge on any atom is 0.167 e. The van der Waals surface area contributed by atoms with E-state index in [-0.39, 0.29) is 58.9 Å². The molecule has 5 nitrogen and oxygen atoms in total.